The smallest absolute Gasteiger partial charge is 0.119 e. The summed E-state index contributed by atoms with van der Waals surface area (Å²) in [5.74, 6) is 0.877. The van der Waals surface area contributed by atoms with Crippen molar-refractivity contribution >= 4 is 11.6 Å². The van der Waals surface area contributed by atoms with Crippen LogP contribution in [0.15, 0.2) is 42.5 Å². The van der Waals surface area contributed by atoms with Crippen LogP contribution in [0.3, 0.4) is 0 Å². The Morgan fingerprint density at radius 2 is 1.62 bits per heavy atom. The fourth-order valence-electron chi connectivity index (χ4n) is 4.57. The van der Waals surface area contributed by atoms with E-state index in [-0.39, 0.29) is 0 Å². The van der Waals surface area contributed by atoms with E-state index in [4.69, 9.17) is 21.1 Å². The molecule has 0 unspecified atom stereocenters. The van der Waals surface area contributed by atoms with Crippen LogP contribution in [0, 0.1) is 0 Å². The summed E-state index contributed by atoms with van der Waals surface area (Å²) in [7, 11) is 0. The maximum absolute atomic E-state index is 10.4. The first kappa shape index (κ1) is 23.5. The average Bonchev–Trinajstić information content (AvgIpc) is 2.81. The second kappa shape index (κ2) is 10.5. The second-order valence-electron chi connectivity index (χ2n) is 8.80. The molecule has 4 N–H and O–H groups in total. The predicted molar refractivity (Wildman–Crippen MR) is 121 cm³/mol. The summed E-state index contributed by atoms with van der Waals surface area (Å²) in [6, 6.07) is 13.3. The Bertz CT molecular complexity index is 881. The zero-order valence-corrected chi connectivity index (χ0v) is 18.7. The minimum absolute atomic E-state index is 0.305. The van der Waals surface area contributed by atoms with Gasteiger partial charge in [0.1, 0.15) is 36.3 Å². The molecule has 1 aliphatic heterocycles. The SMILES string of the molecule is OC[C@H]1O[C@H](c2ccc(Cl)c(Cc3ccc(OC4CCCCC4)cc3)c2)[C@H](O)[C@@H](O)[C@@H]1O. The van der Waals surface area contributed by atoms with Crippen molar-refractivity contribution in [2.45, 2.75) is 75.1 Å². The zero-order chi connectivity index (χ0) is 22.7. The van der Waals surface area contributed by atoms with Crippen LogP contribution in [0.4, 0.5) is 0 Å². The first-order valence-corrected chi connectivity index (χ1v) is 11.7. The molecule has 1 saturated heterocycles. The topological polar surface area (TPSA) is 99.4 Å². The summed E-state index contributed by atoms with van der Waals surface area (Å²) >= 11 is 6.43. The van der Waals surface area contributed by atoms with Crippen molar-refractivity contribution in [3.05, 3.63) is 64.2 Å². The van der Waals surface area contributed by atoms with E-state index in [1.807, 2.05) is 30.3 Å². The van der Waals surface area contributed by atoms with Crippen LogP contribution in [0.1, 0.15) is 54.9 Å². The maximum atomic E-state index is 10.4. The van der Waals surface area contributed by atoms with Gasteiger partial charge in [0, 0.05) is 5.02 Å². The Balaban J connectivity index is 1.47. The van der Waals surface area contributed by atoms with Gasteiger partial charge in [-0.05, 0) is 67.0 Å². The highest BCUT2D eigenvalue weighted by Crippen LogP contribution is 2.34. The van der Waals surface area contributed by atoms with E-state index >= 15 is 0 Å². The predicted octanol–water partition coefficient (Wildman–Crippen LogP) is 3.16. The van der Waals surface area contributed by atoms with Gasteiger partial charge in [0.2, 0.25) is 0 Å². The molecule has 7 heteroatoms. The molecular weight excluding hydrogens is 432 g/mol. The maximum Gasteiger partial charge on any atom is 0.119 e. The molecule has 4 rings (SSSR count). The molecule has 0 amide bonds. The van der Waals surface area contributed by atoms with Gasteiger partial charge in [-0.3, -0.25) is 0 Å². The Morgan fingerprint density at radius 3 is 2.31 bits per heavy atom. The van der Waals surface area contributed by atoms with Crippen LogP contribution in [-0.2, 0) is 11.2 Å². The summed E-state index contributed by atoms with van der Waals surface area (Å²) < 4.78 is 11.8. The van der Waals surface area contributed by atoms with Crippen molar-refractivity contribution in [1.82, 2.24) is 0 Å². The van der Waals surface area contributed by atoms with Gasteiger partial charge in [-0.2, -0.15) is 0 Å². The summed E-state index contributed by atoms with van der Waals surface area (Å²) in [5, 5.41) is 40.6. The van der Waals surface area contributed by atoms with E-state index in [0.717, 1.165) is 29.7 Å². The summed E-state index contributed by atoms with van der Waals surface area (Å²) in [4.78, 5) is 0. The number of aliphatic hydroxyl groups excluding tert-OH is 4. The second-order valence-corrected chi connectivity index (χ2v) is 9.21. The average molecular weight is 463 g/mol. The Morgan fingerprint density at radius 1 is 0.906 bits per heavy atom. The Hall–Kier alpha value is -1.67. The fourth-order valence-corrected chi connectivity index (χ4v) is 4.75. The highest BCUT2D eigenvalue weighted by Gasteiger charge is 2.44. The molecule has 1 heterocycles. The number of benzene rings is 2. The van der Waals surface area contributed by atoms with Crippen LogP contribution in [0.5, 0.6) is 5.75 Å². The van der Waals surface area contributed by atoms with Crippen molar-refractivity contribution in [2.75, 3.05) is 6.61 Å². The van der Waals surface area contributed by atoms with E-state index < -0.39 is 37.1 Å². The van der Waals surface area contributed by atoms with Crippen molar-refractivity contribution in [2.24, 2.45) is 0 Å². The molecule has 6 nitrogen and oxygen atoms in total. The molecule has 1 aliphatic carbocycles. The van der Waals surface area contributed by atoms with Crippen LogP contribution in [0.25, 0.3) is 0 Å². The molecule has 0 radical (unpaired) electrons. The minimum atomic E-state index is -1.42. The molecule has 0 bridgehead atoms. The highest BCUT2D eigenvalue weighted by molar-refractivity contribution is 6.31. The van der Waals surface area contributed by atoms with Crippen LogP contribution in [-0.4, -0.2) is 57.6 Å². The molecular formula is C25H31ClO6. The number of halogens is 1. The first-order valence-electron chi connectivity index (χ1n) is 11.3. The Kier molecular flexibility index (Phi) is 7.71. The summed E-state index contributed by atoms with van der Waals surface area (Å²) in [6.07, 6.45) is 0.908. The molecule has 1 saturated carbocycles. The van der Waals surface area contributed by atoms with Gasteiger partial charge < -0.3 is 29.9 Å². The highest BCUT2D eigenvalue weighted by atomic mass is 35.5. The monoisotopic (exact) mass is 462 g/mol. The van der Waals surface area contributed by atoms with Crippen molar-refractivity contribution in [1.29, 1.82) is 0 Å². The molecule has 0 aromatic heterocycles. The third-order valence-electron chi connectivity index (χ3n) is 6.46. The van der Waals surface area contributed by atoms with Gasteiger partial charge >= 0.3 is 0 Å². The van der Waals surface area contributed by atoms with Crippen LogP contribution in [0.2, 0.25) is 5.02 Å². The number of rotatable bonds is 6. The van der Waals surface area contributed by atoms with Crippen LogP contribution < -0.4 is 4.74 Å². The van der Waals surface area contributed by atoms with E-state index in [1.54, 1.807) is 12.1 Å². The number of ether oxygens (including phenoxy) is 2. The van der Waals surface area contributed by atoms with Gasteiger partial charge in [-0.1, -0.05) is 42.3 Å². The lowest BCUT2D eigenvalue weighted by Gasteiger charge is -2.40. The lowest BCUT2D eigenvalue weighted by molar-refractivity contribution is -0.231. The normalized spacial score (nSPS) is 29.1. The van der Waals surface area contributed by atoms with Crippen molar-refractivity contribution in [3.63, 3.8) is 0 Å². The number of hydrogen-bond acceptors (Lipinski definition) is 6. The van der Waals surface area contributed by atoms with Gasteiger partial charge in [-0.15, -0.1) is 0 Å². The fraction of sp³-hybridized carbons (Fsp3) is 0.520. The quantitative estimate of drug-likeness (QED) is 0.526. The van der Waals surface area contributed by atoms with E-state index in [0.29, 0.717) is 23.1 Å². The lowest BCUT2D eigenvalue weighted by atomic mass is 9.90. The zero-order valence-electron chi connectivity index (χ0n) is 17.9. The lowest BCUT2D eigenvalue weighted by Crippen LogP contribution is -2.55. The first-order chi connectivity index (χ1) is 15.5. The molecule has 32 heavy (non-hydrogen) atoms. The number of aliphatic hydroxyl groups is 4. The molecule has 0 spiro atoms. The number of hydrogen-bond donors (Lipinski definition) is 4. The van der Waals surface area contributed by atoms with Gasteiger partial charge in [-0.25, -0.2) is 0 Å². The third-order valence-corrected chi connectivity index (χ3v) is 6.83. The Labute approximate surface area is 193 Å². The van der Waals surface area contributed by atoms with Gasteiger partial charge in [0.05, 0.1) is 12.7 Å². The third kappa shape index (κ3) is 5.28. The van der Waals surface area contributed by atoms with Gasteiger partial charge in [0.25, 0.3) is 0 Å². The summed E-state index contributed by atoms with van der Waals surface area (Å²) in [5.41, 5.74) is 2.54. The summed E-state index contributed by atoms with van der Waals surface area (Å²) in [6.45, 7) is -0.461. The van der Waals surface area contributed by atoms with Crippen molar-refractivity contribution in [3.8, 4) is 5.75 Å². The largest absolute Gasteiger partial charge is 0.490 e. The molecule has 2 fully saturated rings. The molecule has 5 atom stereocenters. The molecule has 174 valence electrons. The van der Waals surface area contributed by atoms with Crippen LogP contribution >= 0.6 is 11.6 Å². The molecule has 2 aliphatic rings. The standard InChI is InChI=1S/C25H31ClO6/c26-20-11-8-16(25-24(30)23(29)22(28)21(14-27)32-25)13-17(20)12-15-6-9-19(10-7-15)31-18-4-2-1-3-5-18/h6-11,13,18,21-25,27-30H,1-5,12,14H2/t21-,22-,23+,24-,25-/m1/s1. The van der Waals surface area contributed by atoms with Crippen molar-refractivity contribution < 1.29 is 29.9 Å². The van der Waals surface area contributed by atoms with Gasteiger partial charge in [0.15, 0.2) is 0 Å². The van der Waals surface area contributed by atoms with E-state index in [2.05, 4.69) is 0 Å². The minimum Gasteiger partial charge on any atom is -0.490 e. The molecule has 2 aromatic rings. The van der Waals surface area contributed by atoms with E-state index in [1.165, 1.54) is 19.3 Å². The van der Waals surface area contributed by atoms with E-state index in [9.17, 15) is 20.4 Å². The molecule has 2 aromatic carbocycles.